The highest BCUT2D eigenvalue weighted by atomic mass is 35.5. The maximum Gasteiger partial charge on any atom is 0.301 e. The molecule has 0 unspecified atom stereocenters. The van der Waals surface area contributed by atoms with Crippen molar-refractivity contribution in [2.75, 3.05) is 26.2 Å². The fourth-order valence-corrected chi connectivity index (χ4v) is 5.50. The topological polar surface area (TPSA) is 98.2 Å². The van der Waals surface area contributed by atoms with Gasteiger partial charge in [0.25, 0.3) is 5.78 Å². The Morgan fingerprint density at radius 3 is 2.26 bits per heavy atom. The van der Waals surface area contributed by atoms with Gasteiger partial charge in [-0.05, 0) is 60.2 Å². The number of Topliss-reactive ketones (excluding diaryl/α,β-unsaturated/α-hetero) is 1. The molecule has 1 amide bonds. The molecule has 1 saturated heterocycles. The van der Waals surface area contributed by atoms with E-state index in [0.717, 1.165) is 11.3 Å². The van der Waals surface area contributed by atoms with E-state index in [2.05, 4.69) is 4.98 Å². The summed E-state index contributed by atoms with van der Waals surface area (Å²) in [6, 6.07) is 12.3. The van der Waals surface area contributed by atoms with Gasteiger partial charge in [-0.1, -0.05) is 22.9 Å². The van der Waals surface area contributed by atoms with Crippen molar-refractivity contribution in [2.24, 2.45) is 0 Å². The van der Waals surface area contributed by atoms with E-state index in [-0.39, 0.29) is 27.8 Å². The van der Waals surface area contributed by atoms with Crippen molar-refractivity contribution in [2.45, 2.75) is 6.04 Å². The van der Waals surface area contributed by atoms with Gasteiger partial charge in [0.05, 0.1) is 43.2 Å². The number of fused-ring (bicyclic) bond motifs is 1. The van der Waals surface area contributed by atoms with Crippen LogP contribution in [-0.2, 0) is 9.59 Å². The predicted octanol–water partition coefficient (Wildman–Crippen LogP) is 5.74. The monoisotopic (exact) mass is 554 g/mol. The first-order valence-corrected chi connectivity index (χ1v) is 12.4. The maximum atomic E-state index is 13.9. The molecule has 2 heterocycles. The number of methoxy groups -OCH3 is 3. The minimum absolute atomic E-state index is 0.154. The van der Waals surface area contributed by atoms with E-state index in [1.165, 1.54) is 56.6 Å². The van der Waals surface area contributed by atoms with Gasteiger partial charge in [0.2, 0.25) is 5.75 Å². The lowest BCUT2D eigenvalue weighted by molar-refractivity contribution is -0.132. The molecule has 1 N–H and O–H groups in total. The number of nitrogens with zero attached hydrogens (tertiary/aromatic N) is 2. The summed E-state index contributed by atoms with van der Waals surface area (Å²) < 4.78 is 30.8. The highest BCUT2D eigenvalue weighted by molar-refractivity contribution is 7.22. The Morgan fingerprint density at radius 2 is 1.66 bits per heavy atom. The molecule has 11 heteroatoms. The molecule has 0 saturated carbocycles. The van der Waals surface area contributed by atoms with Gasteiger partial charge in [-0.3, -0.25) is 14.5 Å². The number of amides is 1. The van der Waals surface area contributed by atoms with Gasteiger partial charge < -0.3 is 19.3 Å². The Labute approximate surface area is 225 Å². The standard InChI is InChI=1S/C27H20ClFN2O6S/c1-35-18-10-14(11-19(36-2)25(18)37-3)22-21(23(32)13-4-6-15(28)7-5-13)24(33)26(34)31(22)27-30-17-9-8-16(29)12-20(17)38-27/h4-12,22,32H,1-3H3/b23-21+/t22-/m1/s1. The zero-order valence-electron chi connectivity index (χ0n) is 20.3. The van der Waals surface area contributed by atoms with Gasteiger partial charge in [-0.2, -0.15) is 0 Å². The Kier molecular flexibility index (Phi) is 6.68. The van der Waals surface area contributed by atoms with E-state index >= 15 is 0 Å². The Morgan fingerprint density at radius 1 is 1.00 bits per heavy atom. The molecule has 0 spiro atoms. The molecule has 1 fully saturated rings. The lowest BCUT2D eigenvalue weighted by Gasteiger charge is -2.24. The van der Waals surface area contributed by atoms with Crippen LogP contribution in [0.3, 0.4) is 0 Å². The Hall–Kier alpha value is -4.15. The Bertz CT molecular complexity index is 1590. The van der Waals surface area contributed by atoms with Crippen LogP contribution in [-0.4, -0.2) is 43.1 Å². The van der Waals surface area contributed by atoms with Crippen molar-refractivity contribution in [3.8, 4) is 17.2 Å². The number of hydrogen-bond donors (Lipinski definition) is 1. The number of aromatic nitrogens is 1. The van der Waals surface area contributed by atoms with Crippen molar-refractivity contribution in [1.29, 1.82) is 0 Å². The van der Waals surface area contributed by atoms with Gasteiger partial charge in [0, 0.05) is 10.6 Å². The zero-order valence-corrected chi connectivity index (χ0v) is 21.9. The number of carbonyl (C=O) groups is 2. The smallest absolute Gasteiger partial charge is 0.301 e. The molecule has 3 aromatic carbocycles. The SMILES string of the molecule is COc1cc([C@@H]2/C(=C(\O)c3ccc(Cl)cc3)C(=O)C(=O)N2c2nc3ccc(F)cc3s2)cc(OC)c1OC. The molecule has 1 atom stereocenters. The Balaban J connectivity index is 1.78. The average Bonchev–Trinajstić information content (AvgIpc) is 3.45. The van der Waals surface area contributed by atoms with Crippen molar-refractivity contribution in [3.63, 3.8) is 0 Å². The first kappa shape index (κ1) is 25.5. The quantitative estimate of drug-likeness (QED) is 0.184. The van der Waals surface area contributed by atoms with Gasteiger partial charge in [-0.25, -0.2) is 9.37 Å². The average molecular weight is 555 g/mol. The molecule has 38 heavy (non-hydrogen) atoms. The number of halogens is 2. The molecule has 5 rings (SSSR count). The molecule has 1 aliphatic heterocycles. The number of rotatable bonds is 6. The van der Waals surface area contributed by atoms with Gasteiger partial charge in [0.1, 0.15) is 11.6 Å². The number of hydrogen-bond acceptors (Lipinski definition) is 8. The number of benzene rings is 3. The molecule has 4 aromatic rings. The summed E-state index contributed by atoms with van der Waals surface area (Å²) in [5, 5.41) is 11.9. The molecule has 1 aliphatic rings. The highest BCUT2D eigenvalue weighted by Gasteiger charge is 2.48. The number of aliphatic hydroxyl groups excluding tert-OH is 1. The summed E-state index contributed by atoms with van der Waals surface area (Å²) in [7, 11) is 4.33. The summed E-state index contributed by atoms with van der Waals surface area (Å²) in [5.74, 6) is -1.80. The van der Waals surface area contributed by atoms with Crippen molar-refractivity contribution in [1.82, 2.24) is 4.98 Å². The minimum Gasteiger partial charge on any atom is -0.507 e. The summed E-state index contributed by atoms with van der Waals surface area (Å²) in [4.78, 5) is 32.6. The predicted molar refractivity (Wildman–Crippen MR) is 142 cm³/mol. The maximum absolute atomic E-state index is 13.9. The molecule has 0 radical (unpaired) electrons. The van der Waals surface area contributed by atoms with Crippen LogP contribution in [0.2, 0.25) is 5.02 Å². The zero-order chi connectivity index (χ0) is 27.1. The summed E-state index contributed by atoms with van der Waals surface area (Å²) in [5.41, 5.74) is 0.961. The van der Waals surface area contributed by atoms with Crippen LogP contribution < -0.4 is 19.1 Å². The van der Waals surface area contributed by atoms with Crippen LogP contribution in [0.4, 0.5) is 9.52 Å². The van der Waals surface area contributed by atoms with E-state index in [1.54, 1.807) is 24.3 Å². The summed E-state index contributed by atoms with van der Waals surface area (Å²) >= 11 is 7.05. The second-order valence-electron chi connectivity index (χ2n) is 8.24. The van der Waals surface area contributed by atoms with E-state index in [0.29, 0.717) is 26.6 Å². The third-order valence-corrected chi connectivity index (χ3v) is 7.38. The first-order valence-electron chi connectivity index (χ1n) is 11.2. The lowest BCUT2D eigenvalue weighted by atomic mass is 9.95. The molecule has 1 aromatic heterocycles. The minimum atomic E-state index is -1.12. The third kappa shape index (κ3) is 4.21. The van der Waals surface area contributed by atoms with E-state index in [9.17, 15) is 19.1 Å². The largest absolute Gasteiger partial charge is 0.507 e. The van der Waals surface area contributed by atoms with E-state index < -0.39 is 29.3 Å². The second kappa shape index (κ2) is 9.96. The number of aliphatic hydroxyl groups is 1. The second-order valence-corrected chi connectivity index (χ2v) is 9.69. The van der Waals surface area contributed by atoms with Crippen molar-refractivity contribution >= 4 is 55.7 Å². The highest BCUT2D eigenvalue weighted by Crippen LogP contribution is 2.48. The van der Waals surface area contributed by atoms with Crippen molar-refractivity contribution in [3.05, 3.63) is 82.1 Å². The normalized spacial score (nSPS) is 16.8. The fourth-order valence-electron chi connectivity index (χ4n) is 4.36. The first-order chi connectivity index (χ1) is 18.3. The number of anilines is 1. The van der Waals surface area contributed by atoms with Crippen LogP contribution in [0.1, 0.15) is 17.2 Å². The summed E-state index contributed by atoms with van der Waals surface area (Å²) in [6.45, 7) is 0. The van der Waals surface area contributed by atoms with Gasteiger partial charge >= 0.3 is 5.91 Å². The number of carbonyl (C=O) groups excluding carboxylic acids is 2. The molecular weight excluding hydrogens is 535 g/mol. The van der Waals surface area contributed by atoms with Crippen LogP contribution in [0.15, 0.2) is 60.2 Å². The third-order valence-electron chi connectivity index (χ3n) is 6.11. The molecule has 8 nitrogen and oxygen atoms in total. The molecule has 0 bridgehead atoms. The fraction of sp³-hybridized carbons (Fsp3) is 0.148. The number of ketones is 1. The molecule has 0 aliphatic carbocycles. The van der Waals surface area contributed by atoms with Crippen LogP contribution in [0, 0.1) is 5.82 Å². The number of ether oxygens (including phenoxy) is 3. The van der Waals surface area contributed by atoms with Gasteiger partial charge in [-0.15, -0.1) is 0 Å². The van der Waals surface area contributed by atoms with E-state index in [4.69, 9.17) is 25.8 Å². The van der Waals surface area contributed by atoms with Crippen LogP contribution in [0.5, 0.6) is 17.2 Å². The van der Waals surface area contributed by atoms with Crippen LogP contribution >= 0.6 is 22.9 Å². The summed E-state index contributed by atoms with van der Waals surface area (Å²) in [6.07, 6.45) is 0. The van der Waals surface area contributed by atoms with Crippen molar-refractivity contribution < 1.29 is 33.3 Å². The molecule has 194 valence electrons. The molecular formula is C27H20ClFN2O6S. The number of thiazole rings is 1. The van der Waals surface area contributed by atoms with E-state index in [1.807, 2.05) is 0 Å². The van der Waals surface area contributed by atoms with Gasteiger partial charge in [0.15, 0.2) is 16.6 Å². The van der Waals surface area contributed by atoms with Crippen LogP contribution in [0.25, 0.3) is 16.0 Å². The lowest BCUT2D eigenvalue weighted by Crippen LogP contribution is -2.29.